The Kier molecular flexibility index (Phi) is 7.81. The van der Waals surface area contributed by atoms with Crippen molar-refractivity contribution in [2.75, 3.05) is 13.1 Å². The van der Waals surface area contributed by atoms with E-state index in [1.54, 1.807) is 48.8 Å². The number of rotatable bonds is 6. The van der Waals surface area contributed by atoms with E-state index in [0.717, 1.165) is 0 Å². The third-order valence-electron chi connectivity index (χ3n) is 2.60. The molecule has 0 saturated heterocycles. The fourth-order valence-electron chi connectivity index (χ4n) is 1.57. The maximum Gasteiger partial charge on any atom is 2.00 e. The van der Waals surface area contributed by atoms with Gasteiger partial charge in [-0.1, -0.05) is 12.1 Å². The molecule has 0 amide bonds. The zero-order chi connectivity index (χ0) is 14.9. The number of pyridine rings is 2. The molecule has 0 fully saturated rings. The van der Waals surface area contributed by atoms with Crippen LogP contribution in [0.5, 0.6) is 0 Å². The summed E-state index contributed by atoms with van der Waals surface area (Å²) < 4.78 is 0. The molecule has 2 aromatic heterocycles. The number of aromatic nitrogens is 2. The first-order chi connectivity index (χ1) is 10.3. The van der Waals surface area contributed by atoms with Crippen molar-refractivity contribution in [3.05, 3.63) is 60.2 Å². The second-order valence-corrected chi connectivity index (χ2v) is 4.16. The summed E-state index contributed by atoms with van der Waals surface area (Å²) in [6.07, 6.45) is 3.62. The average Bonchev–Trinajstić information content (AvgIpc) is 2.55. The maximum absolute atomic E-state index is 11.6. The van der Waals surface area contributed by atoms with Crippen LogP contribution >= 0.6 is 0 Å². The van der Waals surface area contributed by atoms with E-state index in [9.17, 15) is 10.2 Å². The van der Waals surface area contributed by atoms with Crippen LogP contribution in [0.4, 0.5) is 0 Å². The van der Waals surface area contributed by atoms with Crippen LogP contribution < -0.4 is 10.2 Å². The number of hydrogen-bond donors (Lipinski definition) is 0. The van der Waals surface area contributed by atoms with Gasteiger partial charge >= 0.3 is 17.1 Å². The monoisotopic (exact) mass is 345 g/mol. The van der Waals surface area contributed by atoms with Gasteiger partial charge in [-0.15, -0.1) is 0 Å². The summed E-state index contributed by atoms with van der Waals surface area (Å²) in [6.45, 7) is 0.628. The molecule has 1 radical (unpaired) electrons. The molecule has 0 saturated carbocycles. The summed E-state index contributed by atoms with van der Waals surface area (Å²) in [5, 5.41) is 23.3. The molecule has 0 aliphatic rings. The Balaban J connectivity index is 0.00000242. The molecule has 117 valence electrons. The molecule has 7 heteroatoms. The Hall–Kier alpha value is -2.24. The average molecular weight is 346 g/mol. The van der Waals surface area contributed by atoms with E-state index in [4.69, 9.17) is 0 Å². The molecule has 2 heterocycles. The third kappa shape index (κ3) is 5.63. The summed E-state index contributed by atoms with van der Waals surface area (Å²) in [4.78, 5) is 15.6. The fourth-order valence-corrected chi connectivity index (χ4v) is 1.57. The summed E-state index contributed by atoms with van der Waals surface area (Å²) in [6, 6.07) is 10.2. The molecule has 2 rings (SSSR count). The van der Waals surface area contributed by atoms with Gasteiger partial charge in [0, 0.05) is 37.3 Å². The van der Waals surface area contributed by atoms with Crippen LogP contribution in [0.15, 0.2) is 58.8 Å². The van der Waals surface area contributed by atoms with Gasteiger partial charge in [0.05, 0.1) is 11.4 Å². The largest absolute Gasteiger partial charge is 2.00 e. The summed E-state index contributed by atoms with van der Waals surface area (Å²) in [5.41, 5.74) is 0.637. The Morgan fingerprint density at radius 1 is 0.818 bits per heavy atom. The SMILES string of the molecule is [Cu+2].[O-]C(=NCCCN=C([O-])c1ccccn1)c1ccccn1. The zero-order valence-corrected chi connectivity index (χ0v) is 12.6. The molecule has 0 spiro atoms. The van der Waals surface area contributed by atoms with Crippen LogP contribution in [-0.4, -0.2) is 34.9 Å². The smallest absolute Gasteiger partial charge is 0.857 e. The molecule has 0 aliphatic carbocycles. The molecule has 0 aliphatic heterocycles. The molecule has 0 atom stereocenters. The minimum absolute atomic E-state index is 0. The first-order valence-electron chi connectivity index (χ1n) is 6.53. The molecule has 0 bridgehead atoms. The third-order valence-corrected chi connectivity index (χ3v) is 2.60. The van der Waals surface area contributed by atoms with Crippen molar-refractivity contribution in [1.29, 1.82) is 0 Å². The van der Waals surface area contributed by atoms with Gasteiger partial charge in [0.2, 0.25) is 0 Å². The minimum Gasteiger partial charge on any atom is -0.857 e. The first kappa shape index (κ1) is 17.8. The van der Waals surface area contributed by atoms with Crippen LogP contribution in [-0.2, 0) is 17.1 Å². The van der Waals surface area contributed by atoms with Crippen molar-refractivity contribution in [1.82, 2.24) is 9.97 Å². The van der Waals surface area contributed by atoms with E-state index in [0.29, 0.717) is 30.9 Å². The maximum atomic E-state index is 11.6. The van der Waals surface area contributed by atoms with E-state index >= 15 is 0 Å². The molecule has 22 heavy (non-hydrogen) atoms. The van der Waals surface area contributed by atoms with Crippen molar-refractivity contribution in [3.63, 3.8) is 0 Å². The molecule has 0 aromatic carbocycles. The van der Waals surface area contributed by atoms with E-state index in [1.807, 2.05) is 0 Å². The van der Waals surface area contributed by atoms with Crippen LogP contribution in [0.25, 0.3) is 0 Å². The van der Waals surface area contributed by atoms with E-state index in [2.05, 4.69) is 20.0 Å². The molecular weight excluding hydrogens is 332 g/mol. The van der Waals surface area contributed by atoms with Gasteiger partial charge < -0.3 is 10.2 Å². The quantitative estimate of drug-likeness (QED) is 0.313. The van der Waals surface area contributed by atoms with Crippen LogP contribution in [0.2, 0.25) is 0 Å². The number of hydrogen-bond acceptors (Lipinski definition) is 6. The number of nitrogens with zero attached hydrogens (tertiary/aromatic N) is 4. The van der Waals surface area contributed by atoms with Crippen LogP contribution in [0.1, 0.15) is 17.8 Å². The Morgan fingerprint density at radius 3 is 1.64 bits per heavy atom. The van der Waals surface area contributed by atoms with Crippen LogP contribution in [0, 0.1) is 0 Å². The van der Waals surface area contributed by atoms with Gasteiger partial charge in [-0.05, 0) is 30.7 Å². The second-order valence-electron chi connectivity index (χ2n) is 4.16. The molecule has 0 unspecified atom stereocenters. The summed E-state index contributed by atoms with van der Waals surface area (Å²) in [7, 11) is 0. The Bertz CT molecular complexity index is 562. The van der Waals surface area contributed by atoms with Gasteiger partial charge in [-0.25, -0.2) is 0 Å². The van der Waals surface area contributed by atoms with E-state index < -0.39 is 0 Å². The van der Waals surface area contributed by atoms with Crippen molar-refractivity contribution in [3.8, 4) is 0 Å². The second kappa shape index (κ2) is 9.65. The van der Waals surface area contributed by atoms with Gasteiger partial charge in [0.15, 0.2) is 0 Å². The molecule has 0 N–H and O–H groups in total. The van der Waals surface area contributed by atoms with Gasteiger partial charge in [-0.2, -0.15) is 0 Å². The fraction of sp³-hybridized carbons (Fsp3) is 0.200. The van der Waals surface area contributed by atoms with Crippen molar-refractivity contribution < 1.29 is 27.3 Å². The zero-order valence-electron chi connectivity index (χ0n) is 11.6. The molecule has 6 nitrogen and oxygen atoms in total. The number of aliphatic imine (C=N–C) groups is 2. The predicted octanol–water partition coefficient (Wildman–Crippen LogP) is -0.222. The normalized spacial score (nSPS) is 11.8. The van der Waals surface area contributed by atoms with Gasteiger partial charge in [0.25, 0.3) is 0 Å². The van der Waals surface area contributed by atoms with Gasteiger partial charge in [-0.3, -0.25) is 20.0 Å². The minimum atomic E-state index is -0.355. The molecule has 2 aromatic rings. The summed E-state index contributed by atoms with van der Waals surface area (Å²) in [5.74, 6) is -0.710. The molecular formula is C15H14CuN4O2. The van der Waals surface area contributed by atoms with Crippen molar-refractivity contribution in [2.24, 2.45) is 9.98 Å². The van der Waals surface area contributed by atoms with E-state index in [1.165, 1.54) is 0 Å². The first-order valence-corrected chi connectivity index (χ1v) is 6.53. The van der Waals surface area contributed by atoms with Crippen LogP contribution in [0.3, 0.4) is 0 Å². The Morgan fingerprint density at radius 2 is 1.27 bits per heavy atom. The van der Waals surface area contributed by atoms with E-state index in [-0.39, 0.29) is 28.9 Å². The standard InChI is InChI=1S/C15H16N4O2.Cu/c20-14(12-6-1-3-8-16-12)18-10-5-11-19-15(21)13-7-2-4-9-17-13;/h1-4,6-9H,5,10-11H2,(H,18,20)(H,19,21);/q;+2/p-2. The van der Waals surface area contributed by atoms with Crippen molar-refractivity contribution in [2.45, 2.75) is 6.42 Å². The topological polar surface area (TPSA) is 96.6 Å². The summed E-state index contributed by atoms with van der Waals surface area (Å²) >= 11 is 0. The van der Waals surface area contributed by atoms with Crippen molar-refractivity contribution >= 4 is 11.8 Å². The van der Waals surface area contributed by atoms with Gasteiger partial charge in [0.1, 0.15) is 0 Å². The Labute approximate surface area is 139 Å². The predicted molar refractivity (Wildman–Crippen MR) is 75.9 cm³/mol.